The monoisotopic (exact) mass is 327 g/mol. The van der Waals surface area contributed by atoms with Crippen molar-refractivity contribution in [3.63, 3.8) is 0 Å². The van der Waals surface area contributed by atoms with Crippen LogP contribution in [0, 0.1) is 5.82 Å². The first kappa shape index (κ1) is 16.1. The van der Waals surface area contributed by atoms with Crippen LogP contribution in [0.3, 0.4) is 0 Å². The predicted molar refractivity (Wildman–Crippen MR) is 88.2 cm³/mol. The van der Waals surface area contributed by atoms with E-state index in [9.17, 15) is 9.18 Å². The molecule has 0 unspecified atom stereocenters. The Labute approximate surface area is 139 Å². The third kappa shape index (κ3) is 3.42. The molecule has 0 amide bonds. The number of hydrogen-bond donors (Lipinski definition) is 0. The van der Waals surface area contributed by atoms with Crippen molar-refractivity contribution in [3.05, 3.63) is 65.5 Å². The Bertz CT molecular complexity index is 855. The molecule has 1 aliphatic heterocycles. The Kier molecular flexibility index (Phi) is 4.55. The maximum Gasteiger partial charge on any atom is 0.276 e. The lowest BCUT2D eigenvalue weighted by atomic mass is 10.0. The van der Waals surface area contributed by atoms with Gasteiger partial charge in [0.15, 0.2) is 0 Å². The summed E-state index contributed by atoms with van der Waals surface area (Å²) in [5.41, 5.74) is 1.75. The number of oxime groups is 1. The molecule has 0 aliphatic carbocycles. The molecule has 1 aromatic carbocycles. The molecule has 124 valence electrons. The average Bonchev–Trinajstić information content (AvgIpc) is 3.04. The average molecular weight is 327 g/mol. The maximum absolute atomic E-state index is 13.3. The summed E-state index contributed by atoms with van der Waals surface area (Å²) >= 11 is 0. The summed E-state index contributed by atoms with van der Waals surface area (Å²) in [6, 6.07) is 11.5. The van der Waals surface area contributed by atoms with E-state index >= 15 is 0 Å². The summed E-state index contributed by atoms with van der Waals surface area (Å²) < 4.78 is 14.8. The molecule has 6 heteroatoms. The first-order chi connectivity index (χ1) is 11.5. The lowest BCUT2D eigenvalue weighted by molar-refractivity contribution is 0.0465. The summed E-state index contributed by atoms with van der Waals surface area (Å²) in [6.45, 7) is 3.89. The van der Waals surface area contributed by atoms with Gasteiger partial charge in [-0.25, -0.2) is 4.39 Å². The molecule has 0 N–H and O–H groups in total. The van der Waals surface area contributed by atoms with Gasteiger partial charge in [-0.3, -0.25) is 14.4 Å². The molecular weight excluding hydrogens is 309 g/mol. The molecule has 3 rings (SSSR count). The van der Waals surface area contributed by atoms with E-state index in [0.29, 0.717) is 23.2 Å². The minimum Gasteiger partial charge on any atom is -0.382 e. The second-order valence-corrected chi connectivity index (χ2v) is 5.84. The van der Waals surface area contributed by atoms with Crippen molar-refractivity contribution >= 4 is 11.6 Å². The predicted octanol–water partition coefficient (Wildman–Crippen LogP) is 2.77. The number of nitrogens with zero attached hydrogens (tertiary/aromatic N) is 3. The highest BCUT2D eigenvalue weighted by Crippen LogP contribution is 2.18. The normalized spacial score (nSPS) is 17.8. The molecular formula is C18H18FN3O2. The third-order valence-electron chi connectivity index (χ3n) is 3.57. The van der Waals surface area contributed by atoms with Gasteiger partial charge in [-0.2, -0.15) is 0 Å². The van der Waals surface area contributed by atoms with Crippen LogP contribution in [0.5, 0.6) is 0 Å². The van der Waals surface area contributed by atoms with Gasteiger partial charge in [-0.15, -0.1) is 0 Å². The number of aromatic nitrogens is 1. The van der Waals surface area contributed by atoms with Gasteiger partial charge >= 0.3 is 0 Å². The fourth-order valence-corrected chi connectivity index (χ4v) is 2.49. The number of benzene rings is 1. The highest BCUT2D eigenvalue weighted by atomic mass is 19.1. The van der Waals surface area contributed by atoms with Gasteiger partial charge in [0, 0.05) is 24.2 Å². The number of pyridine rings is 1. The first-order valence-electron chi connectivity index (χ1n) is 7.79. The number of carbonyl (C=O) groups excluding carboxylic acids is 1. The van der Waals surface area contributed by atoms with Crippen LogP contribution in [0.2, 0.25) is 0 Å². The van der Waals surface area contributed by atoms with Crippen LogP contribution in [0.15, 0.2) is 58.8 Å². The lowest BCUT2D eigenvalue weighted by Crippen LogP contribution is -2.35. The zero-order valence-corrected chi connectivity index (χ0v) is 13.5. The van der Waals surface area contributed by atoms with Crippen molar-refractivity contribution in [2.24, 2.45) is 10.1 Å². The Balaban J connectivity index is 1.82. The topological polar surface area (TPSA) is 56.0 Å². The van der Waals surface area contributed by atoms with E-state index < -0.39 is 6.10 Å². The number of rotatable bonds is 3. The van der Waals surface area contributed by atoms with Crippen LogP contribution in [-0.4, -0.2) is 28.3 Å². The van der Waals surface area contributed by atoms with Crippen molar-refractivity contribution in [1.82, 2.24) is 4.57 Å². The first-order valence-corrected chi connectivity index (χ1v) is 7.79. The number of hydrogen-bond acceptors (Lipinski definition) is 4. The summed E-state index contributed by atoms with van der Waals surface area (Å²) in [5, 5.41) is 3.95. The fraction of sp³-hybridized carbons (Fsp3) is 0.278. The molecule has 5 nitrogen and oxygen atoms in total. The quantitative estimate of drug-likeness (QED) is 0.870. The van der Waals surface area contributed by atoms with E-state index in [1.807, 2.05) is 19.9 Å². The zero-order valence-electron chi connectivity index (χ0n) is 13.5. The van der Waals surface area contributed by atoms with E-state index in [1.165, 1.54) is 16.7 Å². The van der Waals surface area contributed by atoms with Crippen LogP contribution in [0.4, 0.5) is 4.39 Å². The highest BCUT2D eigenvalue weighted by molar-refractivity contribution is 6.04. The zero-order chi connectivity index (χ0) is 17.1. The second-order valence-electron chi connectivity index (χ2n) is 5.84. The number of halogens is 1. The number of carbonyl (C=O) groups is 1. The van der Waals surface area contributed by atoms with Crippen LogP contribution in [0.1, 0.15) is 30.6 Å². The summed E-state index contributed by atoms with van der Waals surface area (Å²) in [5.74, 6) is -0.592. The molecule has 1 atom stereocenters. The van der Waals surface area contributed by atoms with Crippen molar-refractivity contribution in [2.45, 2.75) is 32.4 Å². The summed E-state index contributed by atoms with van der Waals surface area (Å²) in [6.07, 6.45) is 1.22. The molecule has 0 fully saturated rings. The van der Waals surface area contributed by atoms with Crippen molar-refractivity contribution in [3.8, 4) is 0 Å². The van der Waals surface area contributed by atoms with Gasteiger partial charge in [-0.1, -0.05) is 23.4 Å². The molecule has 1 aliphatic rings. The minimum atomic E-state index is -0.739. The Hall–Kier alpha value is -2.76. The molecule has 0 saturated carbocycles. The van der Waals surface area contributed by atoms with E-state index in [1.54, 1.807) is 30.5 Å². The van der Waals surface area contributed by atoms with Crippen molar-refractivity contribution < 1.29 is 14.0 Å². The standard InChI is InChI=1S/C18H18FN3O2/c1-12(2)20-17-8-3-4-9-22(17)18(23)16-11-15(21-24-16)13-6-5-7-14(19)10-13/h3-10,12,16H,11H2,1-2H3/t16-/m0/s1. The summed E-state index contributed by atoms with van der Waals surface area (Å²) in [4.78, 5) is 22.5. The van der Waals surface area contributed by atoms with Crippen molar-refractivity contribution in [2.75, 3.05) is 0 Å². The largest absolute Gasteiger partial charge is 0.382 e. The van der Waals surface area contributed by atoms with E-state index in [2.05, 4.69) is 10.1 Å². The van der Waals surface area contributed by atoms with Crippen LogP contribution < -0.4 is 5.49 Å². The van der Waals surface area contributed by atoms with Crippen LogP contribution in [0.25, 0.3) is 0 Å². The Morgan fingerprint density at radius 1 is 1.33 bits per heavy atom. The molecule has 0 radical (unpaired) electrons. The highest BCUT2D eigenvalue weighted by Gasteiger charge is 2.30. The van der Waals surface area contributed by atoms with Gasteiger partial charge in [0.1, 0.15) is 11.3 Å². The van der Waals surface area contributed by atoms with Gasteiger partial charge in [0.2, 0.25) is 6.10 Å². The molecule has 0 saturated heterocycles. The molecule has 0 bridgehead atoms. The van der Waals surface area contributed by atoms with Gasteiger partial charge in [-0.05, 0) is 38.1 Å². The minimum absolute atomic E-state index is 0.0649. The van der Waals surface area contributed by atoms with Crippen LogP contribution >= 0.6 is 0 Å². The lowest BCUT2D eigenvalue weighted by Gasteiger charge is -2.11. The Morgan fingerprint density at radius 3 is 2.92 bits per heavy atom. The Morgan fingerprint density at radius 2 is 2.17 bits per heavy atom. The molecule has 2 heterocycles. The van der Waals surface area contributed by atoms with Crippen LogP contribution in [-0.2, 0) is 4.84 Å². The molecule has 24 heavy (non-hydrogen) atoms. The van der Waals surface area contributed by atoms with E-state index in [4.69, 9.17) is 4.84 Å². The SMILES string of the molecule is CC(C)N=c1ccccn1C(=O)[C@@H]1CC(c2cccc(F)c2)=NO1. The summed E-state index contributed by atoms with van der Waals surface area (Å²) in [7, 11) is 0. The van der Waals surface area contributed by atoms with Gasteiger partial charge in [0.25, 0.3) is 5.91 Å². The molecule has 0 spiro atoms. The molecule has 2 aromatic rings. The van der Waals surface area contributed by atoms with Crippen molar-refractivity contribution in [1.29, 1.82) is 0 Å². The second kappa shape index (κ2) is 6.78. The van der Waals surface area contributed by atoms with Gasteiger partial charge < -0.3 is 4.84 Å². The van der Waals surface area contributed by atoms with Gasteiger partial charge in [0.05, 0.1) is 5.71 Å². The smallest absolute Gasteiger partial charge is 0.276 e. The fourth-order valence-electron chi connectivity index (χ4n) is 2.49. The van der Waals surface area contributed by atoms with E-state index in [-0.39, 0.29) is 17.8 Å². The van der Waals surface area contributed by atoms with E-state index in [0.717, 1.165) is 0 Å². The maximum atomic E-state index is 13.3. The third-order valence-corrected chi connectivity index (χ3v) is 3.57. The molecule has 1 aromatic heterocycles.